The van der Waals surface area contributed by atoms with Crippen molar-refractivity contribution >= 4 is 17.9 Å². The summed E-state index contributed by atoms with van der Waals surface area (Å²) in [4.78, 5) is 38.0. The Morgan fingerprint density at radius 2 is 0.600 bits per heavy atom. The van der Waals surface area contributed by atoms with Crippen molar-refractivity contribution in [3.8, 4) is 0 Å². The van der Waals surface area contributed by atoms with Crippen LogP contribution in [-0.4, -0.2) is 37.2 Å². The van der Waals surface area contributed by atoms with Crippen molar-refractivity contribution in [3.63, 3.8) is 0 Å². The summed E-state index contributed by atoms with van der Waals surface area (Å²) in [5, 5.41) is 0. The first-order valence-corrected chi connectivity index (χ1v) is 25.7. The van der Waals surface area contributed by atoms with Gasteiger partial charge >= 0.3 is 17.9 Å². The number of hydrogen-bond acceptors (Lipinski definition) is 6. The lowest BCUT2D eigenvalue weighted by atomic mass is 10.1. The number of rotatable bonds is 44. The number of unbranched alkanes of at least 4 members (excludes halogenated alkanes) is 11. The fourth-order valence-corrected chi connectivity index (χ4v) is 6.32. The van der Waals surface area contributed by atoms with E-state index in [0.29, 0.717) is 19.3 Å². The van der Waals surface area contributed by atoms with E-state index in [1.54, 1.807) is 0 Å². The first kappa shape index (κ1) is 60.5. The SMILES string of the molecule is CC/C=C\C/C=C\C/C=C\C/C=C\C/C=C\CCCCCC(=O)OCC(COC(=O)CCCCCCC/C=C\C/C=C\CCC)OC(=O)CCCC/C=C\C/C=C\C/C=C\C/C=C\CC. The van der Waals surface area contributed by atoms with Crippen LogP contribution in [0.25, 0.3) is 0 Å². The lowest BCUT2D eigenvalue weighted by molar-refractivity contribution is -0.167. The smallest absolute Gasteiger partial charge is 0.306 e. The average Bonchev–Trinajstić information content (AvgIpc) is 3.30. The van der Waals surface area contributed by atoms with Crippen molar-refractivity contribution in [2.45, 2.75) is 207 Å². The van der Waals surface area contributed by atoms with Crippen LogP contribution in [0.4, 0.5) is 0 Å². The monoisotopic (exact) mass is 897 g/mol. The number of carbonyl (C=O) groups excluding carboxylic acids is 3. The maximum Gasteiger partial charge on any atom is 0.306 e. The molecule has 0 aliphatic heterocycles. The van der Waals surface area contributed by atoms with E-state index in [1.165, 1.54) is 6.42 Å². The number of allylic oxidation sites excluding steroid dienone is 22. The van der Waals surface area contributed by atoms with E-state index in [9.17, 15) is 14.4 Å². The lowest BCUT2D eigenvalue weighted by Gasteiger charge is -2.18. The van der Waals surface area contributed by atoms with Gasteiger partial charge < -0.3 is 14.2 Å². The van der Waals surface area contributed by atoms with Gasteiger partial charge in [0.15, 0.2) is 6.10 Å². The summed E-state index contributed by atoms with van der Waals surface area (Å²) >= 11 is 0. The van der Waals surface area contributed by atoms with Gasteiger partial charge in [0.1, 0.15) is 13.2 Å². The second-order valence-electron chi connectivity index (χ2n) is 16.3. The molecular weight excluding hydrogens is 805 g/mol. The van der Waals surface area contributed by atoms with Gasteiger partial charge in [-0.15, -0.1) is 0 Å². The summed E-state index contributed by atoms with van der Waals surface area (Å²) in [7, 11) is 0. The van der Waals surface area contributed by atoms with Crippen LogP contribution in [0.5, 0.6) is 0 Å². The van der Waals surface area contributed by atoms with Crippen molar-refractivity contribution in [1.29, 1.82) is 0 Å². The molecule has 65 heavy (non-hydrogen) atoms. The van der Waals surface area contributed by atoms with E-state index >= 15 is 0 Å². The third kappa shape index (κ3) is 50.4. The van der Waals surface area contributed by atoms with Gasteiger partial charge in [0, 0.05) is 19.3 Å². The highest BCUT2D eigenvalue weighted by molar-refractivity contribution is 5.71. The summed E-state index contributed by atoms with van der Waals surface area (Å²) in [6.45, 7) is 6.24. The molecule has 0 radical (unpaired) electrons. The first-order valence-electron chi connectivity index (χ1n) is 25.7. The third-order valence-corrected chi connectivity index (χ3v) is 10.1. The molecule has 0 aliphatic rings. The van der Waals surface area contributed by atoms with Crippen molar-refractivity contribution in [2.24, 2.45) is 0 Å². The van der Waals surface area contributed by atoms with Gasteiger partial charge in [-0.2, -0.15) is 0 Å². The van der Waals surface area contributed by atoms with Gasteiger partial charge in [0.2, 0.25) is 0 Å². The second kappa shape index (κ2) is 52.2. The third-order valence-electron chi connectivity index (χ3n) is 10.1. The topological polar surface area (TPSA) is 78.9 Å². The molecule has 0 N–H and O–H groups in total. The minimum absolute atomic E-state index is 0.118. The molecule has 0 aromatic heterocycles. The zero-order chi connectivity index (χ0) is 47.2. The van der Waals surface area contributed by atoms with Crippen LogP contribution in [-0.2, 0) is 28.6 Å². The summed E-state index contributed by atoms with van der Waals surface area (Å²) in [5.41, 5.74) is 0. The molecule has 0 amide bonds. The van der Waals surface area contributed by atoms with Crippen LogP contribution in [0.3, 0.4) is 0 Å². The minimum Gasteiger partial charge on any atom is -0.462 e. The van der Waals surface area contributed by atoms with Crippen molar-refractivity contribution in [2.75, 3.05) is 13.2 Å². The highest BCUT2D eigenvalue weighted by Crippen LogP contribution is 2.11. The minimum atomic E-state index is -0.824. The Labute approximate surface area is 398 Å². The van der Waals surface area contributed by atoms with E-state index < -0.39 is 6.10 Å². The van der Waals surface area contributed by atoms with Crippen LogP contribution >= 0.6 is 0 Å². The van der Waals surface area contributed by atoms with Crippen LogP contribution in [0, 0.1) is 0 Å². The van der Waals surface area contributed by atoms with Gasteiger partial charge in [0.05, 0.1) is 0 Å². The van der Waals surface area contributed by atoms with Gasteiger partial charge in [-0.25, -0.2) is 0 Å². The molecule has 1 atom stereocenters. The largest absolute Gasteiger partial charge is 0.462 e. The van der Waals surface area contributed by atoms with Gasteiger partial charge in [0.25, 0.3) is 0 Å². The van der Waals surface area contributed by atoms with Gasteiger partial charge in [-0.05, 0) is 128 Å². The predicted octanol–water partition coefficient (Wildman–Crippen LogP) is 17.1. The summed E-state index contributed by atoms with van der Waals surface area (Å²) in [5.74, 6) is -1.02. The Kier molecular flexibility index (Phi) is 48.6. The van der Waals surface area contributed by atoms with Crippen LogP contribution in [0.1, 0.15) is 201 Å². The van der Waals surface area contributed by atoms with Crippen LogP contribution in [0.2, 0.25) is 0 Å². The quantitative estimate of drug-likeness (QED) is 0.0262. The van der Waals surface area contributed by atoms with Crippen molar-refractivity contribution in [3.05, 3.63) is 134 Å². The number of carbonyl (C=O) groups is 3. The molecule has 6 heteroatoms. The molecule has 0 rings (SSSR count). The molecule has 0 saturated carbocycles. The van der Waals surface area contributed by atoms with E-state index in [4.69, 9.17) is 14.2 Å². The van der Waals surface area contributed by atoms with Crippen LogP contribution < -0.4 is 0 Å². The lowest BCUT2D eigenvalue weighted by Crippen LogP contribution is -2.30. The van der Waals surface area contributed by atoms with Gasteiger partial charge in [-0.3, -0.25) is 14.4 Å². The molecule has 0 aromatic rings. The van der Waals surface area contributed by atoms with E-state index in [1.807, 2.05) is 0 Å². The molecule has 0 bridgehead atoms. The zero-order valence-corrected chi connectivity index (χ0v) is 41.4. The standard InChI is InChI=1S/C59H92O6/c1-4-7-10-13-16-19-22-25-27-28-29-30-32-34-37-40-43-46-49-52-58(61)64-55-56(54-63-57(60)51-48-45-42-39-36-33-24-21-18-15-12-9-6-3)65-59(62)53-50-47-44-41-38-35-31-26-23-20-17-14-11-8-5-2/h7-8,10-12,15-17,19-21,24-27,29-31,34,37-38,41,56H,4-6,9,13-14,18,22-23,28,32-33,35-36,39-40,42-55H2,1-3H3/b10-7-,11-8-,15-12-,19-16-,20-17-,24-21-,27-25-,30-29-,31-26-,37-34-,41-38-. The van der Waals surface area contributed by atoms with Crippen molar-refractivity contribution < 1.29 is 28.6 Å². The molecule has 0 fully saturated rings. The molecular formula is C59H92O6. The normalized spacial score (nSPS) is 13.2. The molecule has 0 heterocycles. The zero-order valence-electron chi connectivity index (χ0n) is 41.4. The number of hydrogen-bond donors (Lipinski definition) is 0. The Morgan fingerprint density at radius 3 is 0.985 bits per heavy atom. The maximum absolute atomic E-state index is 12.8. The highest BCUT2D eigenvalue weighted by atomic mass is 16.6. The molecule has 364 valence electrons. The molecule has 0 saturated heterocycles. The highest BCUT2D eigenvalue weighted by Gasteiger charge is 2.19. The Hall–Kier alpha value is -4.45. The van der Waals surface area contributed by atoms with E-state index in [-0.39, 0.29) is 37.5 Å². The summed E-state index contributed by atoms with van der Waals surface area (Å²) in [6.07, 6.45) is 72.9. The molecule has 0 aliphatic carbocycles. The molecule has 0 spiro atoms. The second-order valence-corrected chi connectivity index (χ2v) is 16.3. The van der Waals surface area contributed by atoms with Crippen LogP contribution in [0.15, 0.2) is 134 Å². The van der Waals surface area contributed by atoms with E-state index in [0.717, 1.165) is 148 Å². The molecule has 1 unspecified atom stereocenters. The Morgan fingerprint density at radius 1 is 0.323 bits per heavy atom. The fourth-order valence-electron chi connectivity index (χ4n) is 6.32. The first-order chi connectivity index (χ1) is 32.0. The van der Waals surface area contributed by atoms with Gasteiger partial charge in [-0.1, -0.05) is 187 Å². The average molecular weight is 897 g/mol. The molecule has 0 aromatic carbocycles. The van der Waals surface area contributed by atoms with E-state index in [2.05, 4.69) is 154 Å². The molecule has 6 nitrogen and oxygen atoms in total. The Bertz CT molecular complexity index is 1450. The Balaban J connectivity index is 4.55. The maximum atomic E-state index is 12.8. The van der Waals surface area contributed by atoms with Crippen molar-refractivity contribution in [1.82, 2.24) is 0 Å². The fraction of sp³-hybridized carbons (Fsp3) is 0.576. The summed E-state index contributed by atoms with van der Waals surface area (Å²) < 4.78 is 16.7. The number of esters is 3. The predicted molar refractivity (Wildman–Crippen MR) is 279 cm³/mol. The number of ether oxygens (including phenoxy) is 3. The summed E-state index contributed by atoms with van der Waals surface area (Å²) in [6, 6.07) is 0.